The number of aryl methyl sites for hydroxylation is 1. The highest BCUT2D eigenvalue weighted by Crippen LogP contribution is 2.29. The second kappa shape index (κ2) is 3.43. The first kappa shape index (κ1) is 8.84. The predicted octanol–water partition coefficient (Wildman–Crippen LogP) is 2.15. The first-order valence-corrected chi connectivity index (χ1v) is 3.57. The fraction of sp³-hybridized carbons (Fsp3) is 0.333. The van der Waals surface area contributed by atoms with Gasteiger partial charge in [-0.3, -0.25) is 0 Å². The first-order chi connectivity index (χ1) is 5.70. The average molecular weight is 170 g/mol. The minimum absolute atomic E-state index is 0.206. The molecule has 66 valence electrons. The largest absolute Gasteiger partial charge is 0.494 e. The molecule has 1 aromatic carbocycles. The van der Waals surface area contributed by atoms with Crippen LogP contribution in [0.5, 0.6) is 11.5 Å². The van der Waals surface area contributed by atoms with E-state index in [2.05, 4.69) is 0 Å². The Morgan fingerprint density at radius 1 is 1.17 bits per heavy atom. The van der Waals surface area contributed by atoms with Gasteiger partial charge in [0.1, 0.15) is 0 Å². The van der Waals surface area contributed by atoms with Crippen LogP contribution >= 0.6 is 0 Å². The molecule has 0 N–H and O–H groups in total. The number of methoxy groups -OCH3 is 2. The molecule has 2 nitrogen and oxygen atoms in total. The Balaban J connectivity index is 3.24. The Bertz CT molecular complexity index is 284. The van der Waals surface area contributed by atoms with Crippen LogP contribution in [0.15, 0.2) is 12.1 Å². The highest BCUT2D eigenvalue weighted by atomic mass is 19.1. The van der Waals surface area contributed by atoms with Gasteiger partial charge < -0.3 is 9.47 Å². The van der Waals surface area contributed by atoms with Gasteiger partial charge in [0.2, 0.25) is 5.82 Å². The van der Waals surface area contributed by atoms with Gasteiger partial charge >= 0.3 is 0 Å². The molecule has 0 aromatic heterocycles. The number of benzene rings is 1. The molecule has 0 aliphatic heterocycles. The maximum atomic E-state index is 13.3. The van der Waals surface area contributed by atoms with Gasteiger partial charge in [0.25, 0.3) is 0 Å². The molecular weight excluding hydrogens is 159 g/mol. The topological polar surface area (TPSA) is 18.5 Å². The average Bonchev–Trinajstić information content (AvgIpc) is 2.06. The highest BCUT2D eigenvalue weighted by molar-refractivity contribution is 5.41. The van der Waals surface area contributed by atoms with E-state index in [9.17, 15) is 4.39 Å². The van der Waals surface area contributed by atoms with E-state index in [-0.39, 0.29) is 11.5 Å². The first-order valence-electron chi connectivity index (χ1n) is 3.57. The molecule has 3 heteroatoms. The minimum atomic E-state index is -0.444. The second-order valence-electron chi connectivity index (χ2n) is 2.43. The molecule has 0 saturated carbocycles. The molecule has 0 bridgehead atoms. The Morgan fingerprint density at radius 2 is 1.83 bits per heavy atom. The molecule has 0 aliphatic carbocycles. The fourth-order valence-electron chi connectivity index (χ4n) is 1.04. The zero-order valence-electron chi connectivity index (χ0n) is 7.35. The van der Waals surface area contributed by atoms with Gasteiger partial charge in [0.05, 0.1) is 14.2 Å². The Morgan fingerprint density at radius 3 is 2.33 bits per heavy atom. The van der Waals surface area contributed by atoms with Crippen LogP contribution in [0.25, 0.3) is 0 Å². The molecule has 0 atom stereocenters. The molecule has 0 saturated heterocycles. The van der Waals surface area contributed by atoms with Crippen LogP contribution in [-0.2, 0) is 0 Å². The van der Waals surface area contributed by atoms with Crippen molar-refractivity contribution in [3.05, 3.63) is 23.5 Å². The molecular formula is C9H11FO2. The lowest BCUT2D eigenvalue weighted by Gasteiger charge is -2.08. The van der Waals surface area contributed by atoms with E-state index in [1.54, 1.807) is 19.1 Å². The van der Waals surface area contributed by atoms with E-state index in [4.69, 9.17) is 9.47 Å². The quantitative estimate of drug-likeness (QED) is 0.677. The summed E-state index contributed by atoms with van der Waals surface area (Å²) in [6.45, 7) is 1.78. The van der Waals surface area contributed by atoms with Crippen LogP contribution in [0.2, 0.25) is 0 Å². The summed E-state index contributed by atoms with van der Waals surface area (Å²) in [6, 6.07) is 3.33. The predicted molar refractivity (Wildman–Crippen MR) is 44.2 cm³/mol. The van der Waals surface area contributed by atoms with Gasteiger partial charge in [-0.2, -0.15) is 4.39 Å². The Kier molecular flexibility index (Phi) is 2.53. The maximum Gasteiger partial charge on any atom is 0.207 e. The van der Waals surface area contributed by atoms with E-state index in [1.807, 2.05) is 0 Å². The van der Waals surface area contributed by atoms with Crippen molar-refractivity contribution < 1.29 is 13.9 Å². The number of hydrogen-bond acceptors (Lipinski definition) is 2. The zero-order valence-corrected chi connectivity index (χ0v) is 7.35. The van der Waals surface area contributed by atoms with Crippen LogP contribution in [-0.4, -0.2) is 14.2 Å². The van der Waals surface area contributed by atoms with Crippen LogP contribution in [0.1, 0.15) is 5.56 Å². The molecule has 0 spiro atoms. The van der Waals surface area contributed by atoms with Crippen molar-refractivity contribution in [1.29, 1.82) is 0 Å². The van der Waals surface area contributed by atoms with Crippen molar-refractivity contribution in [3.8, 4) is 11.5 Å². The summed E-state index contributed by atoms with van der Waals surface area (Å²) in [5, 5.41) is 0. The molecule has 1 aromatic rings. The number of hydrogen-bond donors (Lipinski definition) is 0. The molecule has 0 unspecified atom stereocenters. The van der Waals surface area contributed by atoms with Crippen molar-refractivity contribution in [1.82, 2.24) is 0 Å². The summed E-state index contributed by atoms with van der Waals surface area (Å²) in [5.41, 5.74) is 0.760. The van der Waals surface area contributed by atoms with Gasteiger partial charge in [-0.25, -0.2) is 0 Å². The SMILES string of the molecule is COc1ccc(C)c(OC)c1F. The molecule has 0 amide bonds. The summed E-state index contributed by atoms with van der Waals surface area (Å²) < 4.78 is 22.9. The summed E-state index contributed by atoms with van der Waals surface area (Å²) in [4.78, 5) is 0. The third-order valence-corrected chi connectivity index (χ3v) is 1.68. The molecule has 0 radical (unpaired) electrons. The van der Waals surface area contributed by atoms with Crippen molar-refractivity contribution in [2.75, 3.05) is 14.2 Å². The summed E-state index contributed by atoms with van der Waals surface area (Å²) in [6.07, 6.45) is 0. The Hall–Kier alpha value is -1.25. The second-order valence-corrected chi connectivity index (χ2v) is 2.43. The molecule has 0 aliphatic rings. The van der Waals surface area contributed by atoms with E-state index in [1.165, 1.54) is 14.2 Å². The van der Waals surface area contributed by atoms with Gasteiger partial charge in [0.15, 0.2) is 11.5 Å². The van der Waals surface area contributed by atoms with E-state index < -0.39 is 5.82 Å². The lowest BCUT2D eigenvalue weighted by atomic mass is 10.2. The fourth-order valence-corrected chi connectivity index (χ4v) is 1.04. The molecule has 12 heavy (non-hydrogen) atoms. The summed E-state index contributed by atoms with van der Waals surface area (Å²) in [5.74, 6) is 0.00630. The van der Waals surface area contributed by atoms with Crippen LogP contribution < -0.4 is 9.47 Å². The summed E-state index contributed by atoms with van der Waals surface area (Å²) in [7, 11) is 2.86. The van der Waals surface area contributed by atoms with E-state index >= 15 is 0 Å². The van der Waals surface area contributed by atoms with Gasteiger partial charge in [-0.1, -0.05) is 6.07 Å². The van der Waals surface area contributed by atoms with E-state index in [0.717, 1.165) is 5.56 Å². The maximum absolute atomic E-state index is 13.3. The lowest BCUT2D eigenvalue weighted by molar-refractivity contribution is 0.348. The monoisotopic (exact) mass is 170 g/mol. The van der Waals surface area contributed by atoms with E-state index in [0.29, 0.717) is 0 Å². The normalized spacial score (nSPS) is 9.67. The third-order valence-electron chi connectivity index (χ3n) is 1.68. The highest BCUT2D eigenvalue weighted by Gasteiger charge is 2.11. The van der Waals surface area contributed by atoms with Crippen LogP contribution in [0.3, 0.4) is 0 Å². The standard InChI is InChI=1S/C9H11FO2/c1-6-4-5-7(11-2)8(10)9(6)12-3/h4-5H,1-3H3. The Labute approximate surface area is 70.9 Å². The molecule has 1 rings (SSSR count). The minimum Gasteiger partial charge on any atom is -0.494 e. The van der Waals surface area contributed by atoms with Gasteiger partial charge in [0, 0.05) is 0 Å². The number of ether oxygens (including phenoxy) is 2. The van der Waals surface area contributed by atoms with Crippen molar-refractivity contribution in [2.24, 2.45) is 0 Å². The van der Waals surface area contributed by atoms with Gasteiger partial charge in [-0.15, -0.1) is 0 Å². The van der Waals surface area contributed by atoms with Crippen LogP contribution in [0.4, 0.5) is 4.39 Å². The van der Waals surface area contributed by atoms with Gasteiger partial charge in [-0.05, 0) is 18.6 Å². The summed E-state index contributed by atoms with van der Waals surface area (Å²) >= 11 is 0. The third kappa shape index (κ3) is 1.35. The number of halogens is 1. The van der Waals surface area contributed by atoms with Crippen molar-refractivity contribution in [2.45, 2.75) is 6.92 Å². The molecule has 0 fully saturated rings. The molecule has 0 heterocycles. The number of rotatable bonds is 2. The van der Waals surface area contributed by atoms with Crippen molar-refractivity contribution >= 4 is 0 Å². The van der Waals surface area contributed by atoms with Crippen LogP contribution in [0, 0.1) is 12.7 Å². The lowest BCUT2D eigenvalue weighted by Crippen LogP contribution is -1.95. The van der Waals surface area contributed by atoms with Crippen molar-refractivity contribution in [3.63, 3.8) is 0 Å². The zero-order chi connectivity index (χ0) is 9.14. The smallest absolute Gasteiger partial charge is 0.207 e.